The molecule has 2 aliphatic heterocycles. The average Bonchev–Trinajstić information content (AvgIpc) is 3.11. The highest BCUT2D eigenvalue weighted by atomic mass is 32.1. The quantitative estimate of drug-likeness (QED) is 0.805. The number of nitrogens with zero attached hydrogens (tertiary/aromatic N) is 5. The van der Waals surface area contributed by atoms with Crippen molar-refractivity contribution in [1.82, 2.24) is 24.3 Å². The number of hydrogen-bond donors (Lipinski definition) is 0. The monoisotopic (exact) mass is 351 g/mol. The van der Waals surface area contributed by atoms with Crippen molar-refractivity contribution in [2.45, 2.75) is 32.6 Å². The van der Waals surface area contributed by atoms with Gasteiger partial charge in [-0.2, -0.15) is 0 Å². The van der Waals surface area contributed by atoms with Crippen molar-refractivity contribution >= 4 is 23.3 Å². The van der Waals surface area contributed by atoms with Gasteiger partial charge in [-0.15, -0.1) is 5.10 Å². The highest BCUT2D eigenvalue weighted by Crippen LogP contribution is 2.16. The predicted octanol–water partition coefficient (Wildman–Crippen LogP) is 0.871. The highest BCUT2D eigenvalue weighted by molar-refractivity contribution is 7.08. The molecule has 0 aliphatic carbocycles. The van der Waals surface area contributed by atoms with Gasteiger partial charge in [0.05, 0.1) is 12.2 Å². The summed E-state index contributed by atoms with van der Waals surface area (Å²) in [5.41, 5.74) is 0.785. The molecule has 3 rings (SSSR count). The molecular weight excluding hydrogens is 326 g/mol. The zero-order valence-corrected chi connectivity index (χ0v) is 15.1. The molecule has 3 heterocycles. The molecule has 2 fully saturated rings. The van der Waals surface area contributed by atoms with Gasteiger partial charge in [-0.05, 0) is 37.2 Å². The van der Waals surface area contributed by atoms with Crippen LogP contribution in [-0.4, -0.2) is 81.9 Å². The first-order valence-electron chi connectivity index (χ1n) is 8.79. The molecule has 2 saturated heterocycles. The second-order valence-corrected chi connectivity index (χ2v) is 7.17. The standard InChI is InChI=1S/C16H25N5O2S/c1-2-13-15(24-18-17-13)16(23)21-10-8-19(9-11-21)12-14(22)20-6-4-3-5-7-20/h2-12H2,1H3. The number of piperazine rings is 1. The molecular formula is C16H25N5O2S. The summed E-state index contributed by atoms with van der Waals surface area (Å²) in [5.74, 6) is 0.262. The van der Waals surface area contributed by atoms with Gasteiger partial charge in [0.15, 0.2) is 0 Å². The molecule has 0 N–H and O–H groups in total. The van der Waals surface area contributed by atoms with E-state index in [0.717, 1.165) is 51.1 Å². The molecule has 0 spiro atoms. The van der Waals surface area contributed by atoms with Crippen molar-refractivity contribution in [2.75, 3.05) is 45.8 Å². The summed E-state index contributed by atoms with van der Waals surface area (Å²) < 4.78 is 3.90. The van der Waals surface area contributed by atoms with Gasteiger partial charge in [-0.1, -0.05) is 11.4 Å². The van der Waals surface area contributed by atoms with Gasteiger partial charge >= 0.3 is 0 Å². The number of rotatable bonds is 4. The summed E-state index contributed by atoms with van der Waals surface area (Å²) >= 11 is 1.18. The summed E-state index contributed by atoms with van der Waals surface area (Å²) in [6.45, 7) is 7.07. The SMILES string of the molecule is CCc1nnsc1C(=O)N1CCN(CC(=O)N2CCCCC2)CC1. The van der Waals surface area contributed by atoms with E-state index >= 15 is 0 Å². The van der Waals surface area contributed by atoms with E-state index in [1.165, 1.54) is 18.0 Å². The third-order valence-corrected chi connectivity index (χ3v) is 5.57. The summed E-state index contributed by atoms with van der Waals surface area (Å²) in [6.07, 6.45) is 4.20. The minimum absolute atomic E-state index is 0.0313. The second kappa shape index (κ2) is 8.02. The lowest BCUT2D eigenvalue weighted by molar-refractivity contribution is -0.133. The van der Waals surface area contributed by atoms with Crippen LogP contribution in [0.3, 0.4) is 0 Å². The molecule has 2 amide bonds. The Balaban J connectivity index is 1.48. The van der Waals surface area contributed by atoms with Crippen molar-refractivity contribution in [3.63, 3.8) is 0 Å². The minimum atomic E-state index is 0.0313. The van der Waals surface area contributed by atoms with Crippen molar-refractivity contribution in [3.05, 3.63) is 10.6 Å². The summed E-state index contributed by atoms with van der Waals surface area (Å²) in [7, 11) is 0. The van der Waals surface area contributed by atoms with E-state index in [2.05, 4.69) is 14.5 Å². The number of likely N-dealkylation sites (tertiary alicyclic amines) is 1. The first kappa shape index (κ1) is 17.3. The maximum Gasteiger partial charge on any atom is 0.267 e. The Hall–Kier alpha value is -1.54. The average molecular weight is 351 g/mol. The van der Waals surface area contributed by atoms with Crippen LogP contribution in [0.1, 0.15) is 41.6 Å². The van der Waals surface area contributed by atoms with Crippen LogP contribution in [0, 0.1) is 0 Å². The fraction of sp³-hybridized carbons (Fsp3) is 0.750. The number of amides is 2. The van der Waals surface area contributed by atoms with Crippen LogP contribution in [0.5, 0.6) is 0 Å². The lowest BCUT2D eigenvalue weighted by atomic mass is 10.1. The molecule has 132 valence electrons. The number of carbonyl (C=O) groups is 2. The Morgan fingerprint density at radius 3 is 2.38 bits per heavy atom. The molecule has 0 bridgehead atoms. The zero-order chi connectivity index (χ0) is 16.9. The van der Waals surface area contributed by atoms with Crippen LogP contribution in [-0.2, 0) is 11.2 Å². The Morgan fingerprint density at radius 1 is 1.00 bits per heavy atom. The fourth-order valence-corrected chi connectivity index (χ4v) is 4.01. The Morgan fingerprint density at radius 2 is 1.71 bits per heavy atom. The van der Waals surface area contributed by atoms with E-state index in [4.69, 9.17) is 0 Å². The molecule has 0 saturated carbocycles. The zero-order valence-electron chi connectivity index (χ0n) is 14.2. The molecule has 1 aromatic heterocycles. The predicted molar refractivity (Wildman–Crippen MR) is 92.1 cm³/mol. The van der Waals surface area contributed by atoms with E-state index in [1.54, 1.807) is 0 Å². The molecule has 24 heavy (non-hydrogen) atoms. The third kappa shape index (κ3) is 3.92. The first-order chi connectivity index (χ1) is 11.7. The molecule has 2 aliphatic rings. The van der Waals surface area contributed by atoms with Gasteiger partial charge in [-0.25, -0.2) is 0 Å². The lowest BCUT2D eigenvalue weighted by Crippen LogP contribution is -2.52. The van der Waals surface area contributed by atoms with E-state index in [-0.39, 0.29) is 11.8 Å². The van der Waals surface area contributed by atoms with Gasteiger partial charge < -0.3 is 9.80 Å². The minimum Gasteiger partial charge on any atom is -0.342 e. The number of aromatic nitrogens is 2. The smallest absolute Gasteiger partial charge is 0.267 e. The topological polar surface area (TPSA) is 69.6 Å². The molecule has 0 atom stereocenters. The highest BCUT2D eigenvalue weighted by Gasteiger charge is 2.27. The van der Waals surface area contributed by atoms with Gasteiger partial charge in [0.2, 0.25) is 5.91 Å². The van der Waals surface area contributed by atoms with Crippen LogP contribution in [0.25, 0.3) is 0 Å². The molecule has 0 aromatic carbocycles. The van der Waals surface area contributed by atoms with Crippen LogP contribution in [0.4, 0.5) is 0 Å². The molecule has 7 nitrogen and oxygen atoms in total. The van der Waals surface area contributed by atoms with Crippen molar-refractivity contribution in [3.8, 4) is 0 Å². The van der Waals surface area contributed by atoms with Crippen LogP contribution < -0.4 is 0 Å². The van der Waals surface area contributed by atoms with E-state index < -0.39 is 0 Å². The number of piperidine rings is 1. The van der Waals surface area contributed by atoms with Crippen molar-refractivity contribution < 1.29 is 9.59 Å². The Kier molecular flexibility index (Phi) is 5.78. The van der Waals surface area contributed by atoms with Crippen LogP contribution in [0.15, 0.2) is 0 Å². The van der Waals surface area contributed by atoms with Crippen molar-refractivity contribution in [1.29, 1.82) is 0 Å². The van der Waals surface area contributed by atoms with Crippen molar-refractivity contribution in [2.24, 2.45) is 0 Å². The maximum absolute atomic E-state index is 12.6. The van der Waals surface area contributed by atoms with Gasteiger partial charge in [0.1, 0.15) is 4.88 Å². The number of aryl methyl sites for hydroxylation is 1. The fourth-order valence-electron chi connectivity index (χ4n) is 3.29. The van der Waals surface area contributed by atoms with Gasteiger partial charge in [0, 0.05) is 39.3 Å². The third-order valence-electron chi connectivity index (χ3n) is 4.81. The maximum atomic E-state index is 12.6. The Bertz CT molecular complexity index is 577. The van der Waals surface area contributed by atoms with Crippen LogP contribution >= 0.6 is 11.5 Å². The van der Waals surface area contributed by atoms with E-state index in [0.29, 0.717) is 24.5 Å². The number of hydrogen-bond acceptors (Lipinski definition) is 6. The molecule has 1 aromatic rings. The second-order valence-electron chi connectivity index (χ2n) is 6.41. The number of carbonyl (C=O) groups excluding carboxylic acids is 2. The largest absolute Gasteiger partial charge is 0.342 e. The normalized spacial score (nSPS) is 19.5. The van der Waals surface area contributed by atoms with Gasteiger partial charge in [0.25, 0.3) is 5.91 Å². The summed E-state index contributed by atoms with van der Waals surface area (Å²) in [6, 6.07) is 0. The van der Waals surface area contributed by atoms with Crippen LogP contribution in [0.2, 0.25) is 0 Å². The first-order valence-corrected chi connectivity index (χ1v) is 9.57. The molecule has 0 unspecified atom stereocenters. The lowest BCUT2D eigenvalue weighted by Gasteiger charge is -2.35. The van der Waals surface area contributed by atoms with Gasteiger partial charge in [-0.3, -0.25) is 14.5 Å². The van der Waals surface area contributed by atoms with E-state index in [9.17, 15) is 9.59 Å². The summed E-state index contributed by atoms with van der Waals surface area (Å²) in [5, 5.41) is 4.02. The molecule has 8 heteroatoms. The Labute approximate surface area is 146 Å². The van der Waals surface area contributed by atoms with E-state index in [1.807, 2.05) is 16.7 Å². The molecule has 0 radical (unpaired) electrons. The summed E-state index contributed by atoms with van der Waals surface area (Å²) in [4.78, 5) is 31.6.